The van der Waals surface area contributed by atoms with E-state index in [0.717, 1.165) is 18.6 Å². The lowest BCUT2D eigenvalue weighted by Crippen LogP contribution is -2.46. The highest BCUT2D eigenvalue weighted by Gasteiger charge is 2.31. The summed E-state index contributed by atoms with van der Waals surface area (Å²) in [7, 11) is 0. The normalized spacial score (nSPS) is 13.3. The van der Waals surface area contributed by atoms with Crippen LogP contribution in [0.15, 0.2) is 0 Å². The van der Waals surface area contributed by atoms with E-state index >= 15 is 0 Å². The Morgan fingerprint density at radius 3 is 2.71 bits per heavy atom. The number of carboxylic acid groups (broad SMARTS) is 1. The van der Waals surface area contributed by atoms with Crippen LogP contribution in [0.4, 0.5) is 0 Å². The molecule has 0 bridgehead atoms. The highest BCUT2D eigenvalue weighted by Crippen LogP contribution is 2.28. The number of unbranched alkanes of at least 4 members (excludes halogenated alkanes) is 1. The van der Waals surface area contributed by atoms with Crippen molar-refractivity contribution < 1.29 is 9.90 Å². The molecule has 0 aromatic heterocycles. The van der Waals surface area contributed by atoms with Crippen molar-refractivity contribution in [2.45, 2.75) is 37.5 Å². The fourth-order valence-electron chi connectivity index (χ4n) is 0.897. The lowest BCUT2D eigenvalue weighted by molar-refractivity contribution is -0.139. The number of terminal acetylenes is 1. The van der Waals surface area contributed by atoms with Gasteiger partial charge < -0.3 is 10.8 Å². The molecule has 0 aromatic carbocycles. The van der Waals surface area contributed by atoms with Crippen molar-refractivity contribution in [3.63, 3.8) is 0 Å². The molecule has 14 heavy (non-hydrogen) atoms. The Kier molecular flexibility index (Phi) is 5.66. The number of carbonyl (C=O) groups is 1. The second-order valence-electron chi connectivity index (χ2n) is 3.58. The van der Waals surface area contributed by atoms with Crippen LogP contribution in [0.2, 0.25) is 0 Å². The van der Waals surface area contributed by atoms with Crippen LogP contribution in [-0.2, 0) is 4.79 Å². The summed E-state index contributed by atoms with van der Waals surface area (Å²) in [6.07, 6.45) is 6.74. The zero-order valence-electron chi connectivity index (χ0n) is 8.62. The van der Waals surface area contributed by atoms with Crippen LogP contribution in [0.5, 0.6) is 0 Å². The number of hydrogen-bond acceptors (Lipinski definition) is 3. The Hall–Kier alpha value is -0.660. The lowest BCUT2D eigenvalue weighted by atomic mass is 10.1. The molecule has 3 nitrogen and oxygen atoms in total. The van der Waals surface area contributed by atoms with Crippen molar-refractivity contribution >= 4 is 17.7 Å². The largest absolute Gasteiger partial charge is 0.480 e. The van der Waals surface area contributed by atoms with E-state index in [2.05, 4.69) is 5.92 Å². The van der Waals surface area contributed by atoms with Crippen LogP contribution in [0.3, 0.4) is 0 Å². The van der Waals surface area contributed by atoms with Gasteiger partial charge in [0.1, 0.15) is 6.04 Å². The third-order valence-corrected chi connectivity index (χ3v) is 3.45. The molecule has 1 atom stereocenters. The van der Waals surface area contributed by atoms with Gasteiger partial charge in [-0.3, -0.25) is 4.79 Å². The molecule has 0 unspecified atom stereocenters. The first kappa shape index (κ1) is 13.3. The van der Waals surface area contributed by atoms with Crippen LogP contribution in [0, 0.1) is 12.3 Å². The zero-order valence-corrected chi connectivity index (χ0v) is 9.43. The predicted octanol–water partition coefficient (Wildman–Crippen LogP) is 1.32. The molecule has 80 valence electrons. The minimum Gasteiger partial charge on any atom is -0.480 e. The number of nitrogens with two attached hydrogens (primary N) is 1. The third-order valence-electron chi connectivity index (χ3n) is 1.95. The van der Waals surface area contributed by atoms with E-state index in [1.165, 1.54) is 0 Å². The van der Waals surface area contributed by atoms with E-state index in [-0.39, 0.29) is 0 Å². The molecule has 0 aliphatic carbocycles. The summed E-state index contributed by atoms with van der Waals surface area (Å²) in [5, 5.41) is 8.75. The first-order valence-corrected chi connectivity index (χ1v) is 5.46. The van der Waals surface area contributed by atoms with Gasteiger partial charge in [-0.15, -0.1) is 12.3 Å². The van der Waals surface area contributed by atoms with Crippen LogP contribution in [0.25, 0.3) is 0 Å². The molecule has 0 saturated heterocycles. The van der Waals surface area contributed by atoms with Crippen LogP contribution < -0.4 is 5.73 Å². The summed E-state index contributed by atoms with van der Waals surface area (Å²) in [6.45, 7) is 3.68. The fraction of sp³-hybridized carbons (Fsp3) is 0.700. The highest BCUT2D eigenvalue weighted by molar-refractivity contribution is 8.00. The van der Waals surface area contributed by atoms with E-state index in [1.54, 1.807) is 11.8 Å². The van der Waals surface area contributed by atoms with E-state index in [9.17, 15) is 4.79 Å². The Labute approximate surface area is 89.4 Å². The Morgan fingerprint density at radius 1 is 1.71 bits per heavy atom. The minimum absolute atomic E-state index is 0.444. The van der Waals surface area contributed by atoms with Gasteiger partial charge in [-0.05, 0) is 26.0 Å². The number of thioether (sulfide) groups is 1. The number of carboxylic acids is 1. The predicted molar refractivity (Wildman–Crippen MR) is 60.2 cm³/mol. The first-order valence-electron chi connectivity index (χ1n) is 4.47. The molecule has 0 saturated carbocycles. The molecule has 0 heterocycles. The van der Waals surface area contributed by atoms with Gasteiger partial charge in [0.05, 0.1) is 0 Å². The van der Waals surface area contributed by atoms with E-state index in [0.29, 0.717) is 0 Å². The Balaban J connectivity index is 3.95. The van der Waals surface area contributed by atoms with Gasteiger partial charge in [0.2, 0.25) is 0 Å². The molecule has 3 N–H and O–H groups in total. The molecule has 0 fully saturated rings. The molecule has 0 aromatic rings. The van der Waals surface area contributed by atoms with Crippen LogP contribution in [0.1, 0.15) is 26.7 Å². The third kappa shape index (κ3) is 4.54. The summed E-state index contributed by atoms with van der Waals surface area (Å²) in [5.41, 5.74) is 5.55. The van der Waals surface area contributed by atoms with Crippen LogP contribution >= 0.6 is 11.8 Å². The molecular weight excluding hydrogens is 198 g/mol. The van der Waals surface area contributed by atoms with E-state index in [4.69, 9.17) is 17.3 Å². The summed E-state index contributed by atoms with van der Waals surface area (Å²) >= 11 is 1.55. The SMILES string of the molecule is C#CCCCSC(C)(C)[C@H](N)C(=O)O. The maximum Gasteiger partial charge on any atom is 0.321 e. The molecule has 0 radical (unpaired) electrons. The van der Waals surface area contributed by atoms with Crippen molar-refractivity contribution in [3.8, 4) is 12.3 Å². The number of rotatable bonds is 6. The fourth-order valence-corrected chi connectivity index (χ4v) is 1.99. The van der Waals surface area contributed by atoms with Crippen molar-refractivity contribution in [1.29, 1.82) is 0 Å². The average molecular weight is 215 g/mol. The molecule has 0 rings (SSSR count). The van der Waals surface area contributed by atoms with Crippen LogP contribution in [-0.4, -0.2) is 27.6 Å². The monoisotopic (exact) mass is 215 g/mol. The number of aliphatic carboxylic acids is 1. The van der Waals surface area contributed by atoms with Gasteiger partial charge in [-0.2, -0.15) is 11.8 Å². The van der Waals surface area contributed by atoms with Gasteiger partial charge in [0.25, 0.3) is 0 Å². The zero-order chi connectivity index (χ0) is 11.2. The smallest absolute Gasteiger partial charge is 0.321 e. The number of hydrogen-bond donors (Lipinski definition) is 2. The van der Waals surface area contributed by atoms with Gasteiger partial charge in [-0.25, -0.2) is 0 Å². The second-order valence-corrected chi connectivity index (χ2v) is 5.32. The maximum absolute atomic E-state index is 10.7. The van der Waals surface area contributed by atoms with Gasteiger partial charge in [-0.1, -0.05) is 0 Å². The van der Waals surface area contributed by atoms with Gasteiger partial charge in [0, 0.05) is 11.2 Å². The van der Waals surface area contributed by atoms with Crippen molar-refractivity contribution in [2.75, 3.05) is 5.75 Å². The first-order chi connectivity index (χ1) is 6.41. The van der Waals surface area contributed by atoms with Crippen molar-refractivity contribution in [1.82, 2.24) is 0 Å². The molecule has 0 amide bonds. The van der Waals surface area contributed by atoms with E-state index < -0.39 is 16.8 Å². The summed E-state index contributed by atoms with van der Waals surface area (Å²) in [6, 6.07) is -0.835. The summed E-state index contributed by atoms with van der Waals surface area (Å²) in [5.74, 6) is 2.43. The summed E-state index contributed by atoms with van der Waals surface area (Å²) in [4.78, 5) is 10.7. The summed E-state index contributed by atoms with van der Waals surface area (Å²) < 4.78 is -0.444. The minimum atomic E-state index is -0.959. The van der Waals surface area contributed by atoms with E-state index in [1.807, 2.05) is 13.8 Å². The maximum atomic E-state index is 10.7. The molecule has 4 heteroatoms. The molecule has 0 aliphatic heterocycles. The van der Waals surface area contributed by atoms with Gasteiger partial charge >= 0.3 is 5.97 Å². The van der Waals surface area contributed by atoms with Gasteiger partial charge in [0.15, 0.2) is 0 Å². The molecule has 0 aliphatic rings. The topological polar surface area (TPSA) is 63.3 Å². The highest BCUT2D eigenvalue weighted by atomic mass is 32.2. The van der Waals surface area contributed by atoms with Crippen molar-refractivity contribution in [3.05, 3.63) is 0 Å². The standard InChI is InChI=1S/C10H17NO2S/c1-4-5-6-7-14-10(2,3)8(11)9(12)13/h1,8H,5-7,11H2,2-3H3,(H,12,13)/t8-/m1/s1. The molecular formula is C10H17NO2S. The van der Waals surface area contributed by atoms with Crippen molar-refractivity contribution in [2.24, 2.45) is 5.73 Å². The average Bonchev–Trinajstić information content (AvgIpc) is 2.11. The quantitative estimate of drug-likeness (QED) is 0.518. The molecule has 0 spiro atoms. The second kappa shape index (κ2) is 5.94. The Bertz CT molecular complexity index is 233. The lowest BCUT2D eigenvalue weighted by Gasteiger charge is -2.27. The Morgan fingerprint density at radius 2 is 2.29 bits per heavy atom.